The van der Waals surface area contributed by atoms with Gasteiger partial charge in [0.1, 0.15) is 35.1 Å². The molecule has 4 heterocycles. The van der Waals surface area contributed by atoms with E-state index in [0.29, 0.717) is 37.8 Å². The van der Waals surface area contributed by atoms with Crippen LogP contribution in [0, 0.1) is 11.6 Å². The zero-order valence-electron chi connectivity index (χ0n) is 21.0. The summed E-state index contributed by atoms with van der Waals surface area (Å²) in [5.74, 6) is -3.12. The summed E-state index contributed by atoms with van der Waals surface area (Å²) in [5.41, 5.74) is 1.64. The molecular formula is C26H26ClF5N6O. The molecule has 0 aliphatic carbocycles. The Kier molecular flexibility index (Phi) is 7.51. The van der Waals surface area contributed by atoms with Crippen molar-refractivity contribution < 1.29 is 26.7 Å². The quantitative estimate of drug-likeness (QED) is 0.305. The minimum absolute atomic E-state index is 0.120. The van der Waals surface area contributed by atoms with Gasteiger partial charge in [0, 0.05) is 30.6 Å². The molecule has 0 spiro atoms. The summed E-state index contributed by atoms with van der Waals surface area (Å²) in [7, 11) is 1.97. The molecule has 0 saturated carbocycles. The van der Waals surface area contributed by atoms with Crippen molar-refractivity contribution in [2.24, 2.45) is 0 Å². The number of hydrogen-bond donors (Lipinski definition) is 1. The van der Waals surface area contributed by atoms with Crippen LogP contribution in [0.4, 0.5) is 33.6 Å². The van der Waals surface area contributed by atoms with E-state index in [2.05, 4.69) is 19.9 Å². The minimum atomic E-state index is -5.19. The van der Waals surface area contributed by atoms with Gasteiger partial charge in [0.15, 0.2) is 5.82 Å². The van der Waals surface area contributed by atoms with Gasteiger partial charge < -0.3 is 20.3 Å². The number of aromatic nitrogens is 3. The lowest BCUT2D eigenvalue weighted by atomic mass is 10.0. The number of pyridine rings is 1. The molecule has 0 radical (unpaired) electrons. The van der Waals surface area contributed by atoms with E-state index in [0.717, 1.165) is 19.4 Å². The molecule has 2 aliphatic rings. The van der Waals surface area contributed by atoms with Crippen molar-refractivity contribution in [1.29, 1.82) is 0 Å². The Bertz CT molecular complexity index is 1420. The van der Waals surface area contributed by atoms with Crippen LogP contribution in [-0.4, -0.2) is 59.2 Å². The Morgan fingerprint density at radius 1 is 1.08 bits per heavy atom. The van der Waals surface area contributed by atoms with Gasteiger partial charge >= 0.3 is 12.2 Å². The molecule has 1 unspecified atom stereocenters. The van der Waals surface area contributed by atoms with Crippen molar-refractivity contribution in [3.8, 4) is 17.3 Å². The number of ether oxygens (including phenoxy) is 1. The third kappa shape index (κ3) is 5.44. The molecule has 1 aromatic carbocycles. The number of nitrogens with two attached hydrogens (primary N) is 1. The van der Waals surface area contributed by atoms with E-state index in [1.54, 1.807) is 0 Å². The minimum Gasteiger partial charge on any atom is -0.462 e. The molecular weight excluding hydrogens is 543 g/mol. The highest BCUT2D eigenvalue weighted by atomic mass is 35.5. The van der Waals surface area contributed by atoms with Crippen LogP contribution in [0.1, 0.15) is 31.2 Å². The van der Waals surface area contributed by atoms with Crippen molar-refractivity contribution in [3.63, 3.8) is 0 Å². The van der Waals surface area contributed by atoms with Crippen molar-refractivity contribution >= 4 is 34.1 Å². The highest BCUT2D eigenvalue weighted by Crippen LogP contribution is 2.44. The van der Waals surface area contributed by atoms with Crippen LogP contribution in [0.15, 0.2) is 24.3 Å². The first-order valence-corrected chi connectivity index (χ1v) is 12.9. The number of halogens is 6. The monoisotopic (exact) mass is 568 g/mol. The van der Waals surface area contributed by atoms with E-state index >= 15 is 4.39 Å². The summed E-state index contributed by atoms with van der Waals surface area (Å²) in [6, 6.07) is 1.71. The van der Waals surface area contributed by atoms with Crippen LogP contribution in [0.2, 0.25) is 5.02 Å². The van der Waals surface area contributed by atoms with E-state index in [1.165, 1.54) is 6.07 Å². The molecule has 2 N–H and O–H groups in total. The van der Waals surface area contributed by atoms with E-state index in [4.69, 9.17) is 22.1 Å². The van der Waals surface area contributed by atoms with E-state index in [9.17, 15) is 17.6 Å². The molecule has 1 saturated heterocycles. The molecule has 13 heteroatoms. The number of likely N-dealkylation sites (tertiary alicyclic amines) is 1. The molecule has 2 aromatic heterocycles. The number of alkyl halides is 3. The van der Waals surface area contributed by atoms with Gasteiger partial charge in [-0.2, -0.15) is 23.1 Å². The third-order valence-corrected chi connectivity index (χ3v) is 7.33. The van der Waals surface area contributed by atoms with Gasteiger partial charge in [0.2, 0.25) is 0 Å². The molecule has 39 heavy (non-hydrogen) atoms. The van der Waals surface area contributed by atoms with Crippen molar-refractivity contribution in [3.05, 3.63) is 46.5 Å². The fraction of sp³-hybridized carbons (Fsp3) is 0.423. The molecule has 1 atom stereocenters. The molecule has 1 fully saturated rings. The number of hydrogen-bond acceptors (Lipinski definition) is 7. The van der Waals surface area contributed by atoms with Crippen LogP contribution < -0.4 is 15.4 Å². The van der Waals surface area contributed by atoms with Gasteiger partial charge in [0.25, 0.3) is 0 Å². The Hall–Kier alpha value is -3.25. The number of anilines is 2. The summed E-state index contributed by atoms with van der Waals surface area (Å²) >= 11 is 6.38. The summed E-state index contributed by atoms with van der Waals surface area (Å²) in [6.07, 6.45) is 2.21. The Morgan fingerprint density at radius 3 is 2.44 bits per heavy atom. The van der Waals surface area contributed by atoms with Crippen molar-refractivity contribution in [2.75, 3.05) is 43.9 Å². The number of nitrogens with zero attached hydrogens (tertiary/aromatic N) is 5. The molecule has 7 nitrogen and oxygen atoms in total. The van der Waals surface area contributed by atoms with Gasteiger partial charge in [-0.1, -0.05) is 23.8 Å². The third-order valence-electron chi connectivity index (χ3n) is 7.03. The van der Waals surface area contributed by atoms with Crippen LogP contribution in [0.25, 0.3) is 22.2 Å². The smallest absolute Gasteiger partial charge is 0.421 e. The molecule has 3 aromatic rings. The highest BCUT2D eigenvalue weighted by molar-refractivity contribution is 6.34. The SMILES string of the molecule is CN1CCCC1COc1nc(N2CCC=CCC2)c2cc(Cl)c(-c3nc(N)cc(F)c3C(F)(F)F)c(F)c2n1. The van der Waals surface area contributed by atoms with E-state index in [-0.39, 0.29) is 29.6 Å². The standard InChI is InChI=1S/C26H26ClF5N6O/c1-37-8-6-7-14(37)13-39-25-35-22-15(24(36-25)38-9-4-2-3-5-10-38)11-16(27)19(21(22)29)23-20(26(30,31)32)17(28)12-18(33)34-23/h2-3,11-12,14H,4-10,13H2,1H3,(H2,33,34). The number of fused-ring (bicyclic) bond motifs is 1. The Balaban J connectivity index is 1.70. The lowest BCUT2D eigenvalue weighted by Gasteiger charge is -2.25. The van der Waals surface area contributed by atoms with E-state index < -0.39 is 45.5 Å². The summed E-state index contributed by atoms with van der Waals surface area (Å²) in [4.78, 5) is 16.5. The second kappa shape index (κ2) is 10.7. The maximum absolute atomic E-state index is 16.2. The van der Waals surface area contributed by atoms with Gasteiger partial charge in [-0.3, -0.25) is 0 Å². The second-order valence-corrected chi connectivity index (χ2v) is 10.1. The summed E-state index contributed by atoms with van der Waals surface area (Å²) in [5, 5.41) is -0.228. The number of nitrogen functional groups attached to an aromatic ring is 1. The lowest BCUT2D eigenvalue weighted by Crippen LogP contribution is -2.31. The maximum atomic E-state index is 16.2. The largest absolute Gasteiger partial charge is 0.462 e. The molecule has 2 aliphatic heterocycles. The van der Waals surface area contributed by atoms with Crippen molar-refractivity contribution in [2.45, 2.75) is 37.9 Å². The van der Waals surface area contributed by atoms with E-state index in [1.807, 2.05) is 24.1 Å². The Labute approximate surface area is 226 Å². The normalized spacial score (nSPS) is 18.6. The number of likely N-dealkylation sites (N-methyl/N-ethyl adjacent to an activating group) is 1. The van der Waals surface area contributed by atoms with Crippen LogP contribution in [0.3, 0.4) is 0 Å². The van der Waals surface area contributed by atoms with Gasteiger partial charge in [-0.25, -0.2) is 13.8 Å². The van der Waals surface area contributed by atoms with Gasteiger partial charge in [-0.15, -0.1) is 0 Å². The van der Waals surface area contributed by atoms with Crippen LogP contribution in [-0.2, 0) is 6.18 Å². The molecule has 5 rings (SSSR count). The molecule has 0 amide bonds. The first-order valence-electron chi connectivity index (χ1n) is 12.5. The first kappa shape index (κ1) is 27.3. The topological polar surface area (TPSA) is 80.4 Å². The van der Waals surface area contributed by atoms with Crippen LogP contribution >= 0.6 is 11.6 Å². The van der Waals surface area contributed by atoms with Gasteiger partial charge in [0.05, 0.1) is 16.3 Å². The summed E-state index contributed by atoms with van der Waals surface area (Å²) in [6.45, 7) is 2.30. The molecule has 208 valence electrons. The fourth-order valence-corrected chi connectivity index (χ4v) is 5.33. The lowest BCUT2D eigenvalue weighted by molar-refractivity contribution is -0.139. The maximum Gasteiger partial charge on any atom is 0.421 e. The average Bonchev–Trinajstić information content (AvgIpc) is 3.08. The zero-order valence-corrected chi connectivity index (χ0v) is 21.8. The Morgan fingerprint density at radius 2 is 1.79 bits per heavy atom. The zero-order chi connectivity index (χ0) is 27.9. The average molecular weight is 569 g/mol. The predicted octanol–water partition coefficient (Wildman–Crippen LogP) is 5.85. The first-order chi connectivity index (χ1) is 18.5. The predicted molar refractivity (Wildman–Crippen MR) is 139 cm³/mol. The summed E-state index contributed by atoms with van der Waals surface area (Å²) < 4.78 is 78.1. The van der Waals surface area contributed by atoms with Crippen LogP contribution in [0.5, 0.6) is 6.01 Å². The fourth-order valence-electron chi connectivity index (χ4n) is 5.05. The highest BCUT2D eigenvalue weighted by Gasteiger charge is 2.40. The number of benzene rings is 1. The van der Waals surface area contributed by atoms with Crippen molar-refractivity contribution in [1.82, 2.24) is 19.9 Å². The molecule has 0 bridgehead atoms. The van der Waals surface area contributed by atoms with Gasteiger partial charge in [-0.05, 0) is 45.3 Å². The number of rotatable bonds is 5. The second-order valence-electron chi connectivity index (χ2n) is 9.65.